The zero-order valence-electron chi connectivity index (χ0n) is 12.7. The Morgan fingerprint density at radius 1 is 1.32 bits per heavy atom. The van der Waals surface area contributed by atoms with Crippen molar-refractivity contribution in [2.24, 2.45) is 5.92 Å². The van der Waals surface area contributed by atoms with Crippen LogP contribution < -0.4 is 5.32 Å². The van der Waals surface area contributed by atoms with Crippen LogP contribution in [0.4, 0.5) is 0 Å². The van der Waals surface area contributed by atoms with Gasteiger partial charge in [-0.3, -0.25) is 4.90 Å². The second-order valence-electron chi connectivity index (χ2n) is 5.96. The standard InChI is InChI=1S/C17H28N2/c1-14-5-4-6-17(13-14)15(2)19-11-8-16(9-12-19)7-10-18-3/h4-6,13,15-16,18H,7-12H2,1-3H3. The van der Waals surface area contributed by atoms with Crippen LogP contribution in [0, 0.1) is 12.8 Å². The van der Waals surface area contributed by atoms with Gasteiger partial charge in [-0.15, -0.1) is 0 Å². The number of hydrogen-bond acceptors (Lipinski definition) is 2. The van der Waals surface area contributed by atoms with E-state index in [9.17, 15) is 0 Å². The fraction of sp³-hybridized carbons (Fsp3) is 0.647. The molecule has 0 radical (unpaired) electrons. The molecular weight excluding hydrogens is 232 g/mol. The number of aryl methyl sites for hydroxylation is 1. The first kappa shape index (κ1) is 14.5. The minimum atomic E-state index is 0.560. The van der Waals surface area contributed by atoms with Crippen molar-refractivity contribution < 1.29 is 0 Å². The third-order valence-corrected chi connectivity index (χ3v) is 4.52. The van der Waals surface area contributed by atoms with Crippen LogP contribution >= 0.6 is 0 Å². The molecule has 1 saturated heterocycles. The first-order chi connectivity index (χ1) is 9.20. The molecule has 0 aromatic heterocycles. The van der Waals surface area contributed by atoms with E-state index in [4.69, 9.17) is 0 Å². The fourth-order valence-electron chi connectivity index (χ4n) is 3.12. The maximum absolute atomic E-state index is 3.27. The summed E-state index contributed by atoms with van der Waals surface area (Å²) in [7, 11) is 2.05. The van der Waals surface area contributed by atoms with E-state index >= 15 is 0 Å². The van der Waals surface area contributed by atoms with Crippen LogP contribution in [0.15, 0.2) is 24.3 Å². The maximum Gasteiger partial charge on any atom is 0.0319 e. The summed E-state index contributed by atoms with van der Waals surface area (Å²) in [5, 5.41) is 3.27. The average molecular weight is 260 g/mol. The molecule has 2 rings (SSSR count). The highest BCUT2D eigenvalue weighted by Crippen LogP contribution is 2.28. The molecule has 1 aromatic carbocycles. The molecule has 1 atom stereocenters. The van der Waals surface area contributed by atoms with Crippen molar-refractivity contribution in [3.8, 4) is 0 Å². The summed E-state index contributed by atoms with van der Waals surface area (Å²) in [4.78, 5) is 2.64. The molecule has 1 heterocycles. The summed E-state index contributed by atoms with van der Waals surface area (Å²) in [6, 6.07) is 9.52. The summed E-state index contributed by atoms with van der Waals surface area (Å²) < 4.78 is 0. The van der Waals surface area contributed by atoms with Gasteiger partial charge in [0.15, 0.2) is 0 Å². The first-order valence-corrected chi connectivity index (χ1v) is 7.66. The molecule has 1 fully saturated rings. The molecule has 1 N–H and O–H groups in total. The number of nitrogens with one attached hydrogen (secondary N) is 1. The van der Waals surface area contributed by atoms with Gasteiger partial charge in [-0.1, -0.05) is 29.8 Å². The summed E-state index contributed by atoms with van der Waals surface area (Å²) in [6.45, 7) is 8.20. The van der Waals surface area contributed by atoms with Crippen LogP contribution in [0.5, 0.6) is 0 Å². The van der Waals surface area contributed by atoms with Crippen molar-refractivity contribution in [2.45, 2.75) is 39.2 Å². The molecule has 0 bridgehead atoms. The minimum absolute atomic E-state index is 0.560. The Balaban J connectivity index is 1.87. The first-order valence-electron chi connectivity index (χ1n) is 7.66. The van der Waals surface area contributed by atoms with Crippen LogP contribution in [-0.2, 0) is 0 Å². The van der Waals surface area contributed by atoms with Gasteiger partial charge in [0.2, 0.25) is 0 Å². The van der Waals surface area contributed by atoms with Crippen molar-refractivity contribution in [1.29, 1.82) is 0 Å². The molecule has 0 aliphatic carbocycles. The quantitative estimate of drug-likeness (QED) is 0.873. The Bertz CT molecular complexity index is 381. The number of rotatable bonds is 5. The zero-order chi connectivity index (χ0) is 13.7. The van der Waals surface area contributed by atoms with Crippen LogP contribution in [-0.4, -0.2) is 31.6 Å². The van der Waals surface area contributed by atoms with E-state index in [1.807, 2.05) is 0 Å². The summed E-state index contributed by atoms with van der Waals surface area (Å²) in [6.07, 6.45) is 4.05. The second-order valence-corrected chi connectivity index (χ2v) is 5.96. The van der Waals surface area contributed by atoms with Gasteiger partial charge in [-0.05, 0) is 71.3 Å². The molecule has 19 heavy (non-hydrogen) atoms. The van der Waals surface area contributed by atoms with E-state index in [0.717, 1.165) is 12.5 Å². The van der Waals surface area contributed by atoms with Gasteiger partial charge in [-0.2, -0.15) is 0 Å². The fourth-order valence-corrected chi connectivity index (χ4v) is 3.12. The smallest absolute Gasteiger partial charge is 0.0319 e. The lowest BCUT2D eigenvalue weighted by Crippen LogP contribution is -2.36. The predicted molar refractivity (Wildman–Crippen MR) is 82.4 cm³/mol. The number of benzene rings is 1. The van der Waals surface area contributed by atoms with E-state index in [0.29, 0.717) is 6.04 Å². The van der Waals surface area contributed by atoms with E-state index in [-0.39, 0.29) is 0 Å². The summed E-state index contributed by atoms with van der Waals surface area (Å²) >= 11 is 0. The third-order valence-electron chi connectivity index (χ3n) is 4.52. The summed E-state index contributed by atoms with van der Waals surface area (Å²) in [5.41, 5.74) is 2.84. The van der Waals surface area contributed by atoms with E-state index in [1.165, 1.54) is 43.5 Å². The van der Waals surface area contributed by atoms with Gasteiger partial charge in [-0.25, -0.2) is 0 Å². The van der Waals surface area contributed by atoms with Crippen LogP contribution in [0.2, 0.25) is 0 Å². The lowest BCUT2D eigenvalue weighted by molar-refractivity contribution is 0.137. The topological polar surface area (TPSA) is 15.3 Å². The van der Waals surface area contributed by atoms with Gasteiger partial charge in [0.05, 0.1) is 0 Å². The van der Waals surface area contributed by atoms with Crippen LogP contribution in [0.3, 0.4) is 0 Å². The summed E-state index contributed by atoms with van der Waals surface area (Å²) in [5.74, 6) is 0.924. The lowest BCUT2D eigenvalue weighted by atomic mass is 9.92. The van der Waals surface area contributed by atoms with Crippen molar-refractivity contribution in [2.75, 3.05) is 26.7 Å². The Labute approximate surface area is 118 Å². The predicted octanol–water partition coefficient (Wildman–Crippen LogP) is 3.38. The Morgan fingerprint density at radius 3 is 2.68 bits per heavy atom. The Kier molecular flexibility index (Phi) is 5.41. The molecular formula is C17H28N2. The molecule has 0 spiro atoms. The van der Waals surface area contributed by atoms with Crippen LogP contribution in [0.1, 0.15) is 43.4 Å². The van der Waals surface area contributed by atoms with Gasteiger partial charge < -0.3 is 5.32 Å². The van der Waals surface area contributed by atoms with Gasteiger partial charge >= 0.3 is 0 Å². The van der Waals surface area contributed by atoms with Crippen molar-refractivity contribution >= 4 is 0 Å². The highest BCUT2D eigenvalue weighted by molar-refractivity contribution is 5.24. The van der Waals surface area contributed by atoms with Gasteiger partial charge in [0, 0.05) is 6.04 Å². The molecule has 1 unspecified atom stereocenters. The number of hydrogen-bond donors (Lipinski definition) is 1. The highest BCUT2D eigenvalue weighted by Gasteiger charge is 2.23. The zero-order valence-corrected chi connectivity index (χ0v) is 12.7. The van der Waals surface area contributed by atoms with Crippen LogP contribution in [0.25, 0.3) is 0 Å². The van der Waals surface area contributed by atoms with Gasteiger partial charge in [0.25, 0.3) is 0 Å². The van der Waals surface area contributed by atoms with E-state index in [1.54, 1.807) is 0 Å². The molecule has 2 heteroatoms. The molecule has 106 valence electrons. The Morgan fingerprint density at radius 2 is 2.05 bits per heavy atom. The molecule has 1 aromatic rings. The minimum Gasteiger partial charge on any atom is -0.320 e. The van der Waals surface area contributed by atoms with E-state index < -0.39 is 0 Å². The SMILES string of the molecule is CNCCC1CCN(C(C)c2cccc(C)c2)CC1. The maximum atomic E-state index is 3.27. The number of likely N-dealkylation sites (tertiary alicyclic amines) is 1. The highest BCUT2D eigenvalue weighted by atomic mass is 15.2. The Hall–Kier alpha value is -0.860. The largest absolute Gasteiger partial charge is 0.320 e. The van der Waals surface area contributed by atoms with E-state index in [2.05, 4.69) is 55.4 Å². The van der Waals surface area contributed by atoms with Crippen molar-refractivity contribution in [1.82, 2.24) is 10.2 Å². The normalized spacial score (nSPS) is 19.5. The van der Waals surface area contributed by atoms with Crippen molar-refractivity contribution in [3.63, 3.8) is 0 Å². The average Bonchev–Trinajstić information content (AvgIpc) is 2.45. The monoisotopic (exact) mass is 260 g/mol. The van der Waals surface area contributed by atoms with Crippen molar-refractivity contribution in [3.05, 3.63) is 35.4 Å². The lowest BCUT2D eigenvalue weighted by Gasteiger charge is -2.36. The third kappa shape index (κ3) is 4.05. The second kappa shape index (κ2) is 7.06. The molecule has 1 aliphatic heterocycles. The number of piperidine rings is 1. The molecule has 2 nitrogen and oxygen atoms in total. The molecule has 0 amide bonds. The molecule has 0 saturated carbocycles. The van der Waals surface area contributed by atoms with Gasteiger partial charge in [0.1, 0.15) is 0 Å². The molecule has 1 aliphatic rings. The number of nitrogens with zero attached hydrogens (tertiary/aromatic N) is 1.